The van der Waals surface area contributed by atoms with Gasteiger partial charge in [0.1, 0.15) is 17.8 Å². The lowest BCUT2D eigenvalue weighted by Gasteiger charge is -2.23. The second-order valence-electron chi connectivity index (χ2n) is 9.07. The fraction of sp³-hybridized carbons (Fsp3) is 0.500. The Morgan fingerprint density at radius 3 is 1.95 bits per heavy atom. The highest BCUT2D eigenvalue weighted by molar-refractivity contribution is 5.91. The minimum Gasteiger partial charge on any atom is -0.425 e. The molecule has 2 amide bonds. The van der Waals surface area contributed by atoms with Crippen molar-refractivity contribution in [2.75, 3.05) is 19.6 Å². The van der Waals surface area contributed by atoms with Crippen molar-refractivity contribution in [2.45, 2.75) is 63.5 Å². The van der Waals surface area contributed by atoms with Crippen LogP contribution in [0.5, 0.6) is 5.75 Å². The van der Waals surface area contributed by atoms with Crippen molar-refractivity contribution in [3.63, 3.8) is 0 Å². The third-order valence-corrected chi connectivity index (χ3v) is 6.05. The predicted molar refractivity (Wildman–Crippen MR) is 152 cm³/mol. The molecule has 0 unspecified atom stereocenters. The fourth-order valence-electron chi connectivity index (χ4n) is 3.98. The zero-order valence-corrected chi connectivity index (χ0v) is 22.6. The van der Waals surface area contributed by atoms with E-state index >= 15 is 0 Å². The van der Waals surface area contributed by atoms with Crippen molar-refractivity contribution >= 4 is 28.6 Å². The normalized spacial score (nSPS) is 11.6. The first kappa shape index (κ1) is 32.3. The molecular weight excluding hydrogens is 530 g/mol. The van der Waals surface area contributed by atoms with Gasteiger partial charge in [0.25, 0.3) is 0 Å². The van der Waals surface area contributed by atoms with E-state index in [1.807, 2.05) is 30.3 Å². The largest absolute Gasteiger partial charge is 0.425 e. The summed E-state index contributed by atoms with van der Waals surface area (Å²) in [5.74, 6) is -1.31. The van der Waals surface area contributed by atoms with Crippen LogP contribution in [0.25, 0.3) is 42.1 Å². The predicted octanol–water partition coefficient (Wildman–Crippen LogP) is 5.77. The van der Waals surface area contributed by atoms with Crippen LogP contribution in [0.3, 0.4) is 0 Å². The first-order valence-electron chi connectivity index (χ1n) is 13.3. The summed E-state index contributed by atoms with van der Waals surface area (Å²) in [4.78, 5) is 47.0. The standard InChI is InChI=1S/C26H33N11O4/c27-35-30-15-5-3-10-22(33-24(38)12-7-17-32-37-29)25(39)34-23(11-4-6-16-31-36-28)26(40)41-21-14-13-19-8-1-2-9-20(19)18-21/h1-2,8-9,13-14,18,22-23H,3-7,10-12,15-17H2,(H,33,38)(H,34,39)/t22-,23-/m0/s1. The van der Waals surface area contributed by atoms with E-state index < -0.39 is 29.9 Å². The first-order valence-corrected chi connectivity index (χ1v) is 13.3. The molecule has 0 aliphatic rings. The monoisotopic (exact) mass is 563 g/mol. The number of unbranched alkanes of at least 4 members (excludes halogenated alkanes) is 2. The van der Waals surface area contributed by atoms with Crippen molar-refractivity contribution in [3.8, 4) is 5.75 Å². The number of fused-ring (bicyclic) bond motifs is 1. The maximum atomic E-state index is 13.3. The van der Waals surface area contributed by atoms with Crippen LogP contribution in [0.1, 0.15) is 51.4 Å². The number of nitrogens with zero attached hydrogens (tertiary/aromatic N) is 9. The second-order valence-corrected chi connectivity index (χ2v) is 9.07. The summed E-state index contributed by atoms with van der Waals surface area (Å²) in [6, 6.07) is 10.9. The number of carbonyl (C=O) groups excluding carboxylic acids is 3. The Bertz CT molecular complexity index is 1320. The number of carbonyl (C=O) groups is 3. The van der Waals surface area contributed by atoms with Crippen molar-refractivity contribution in [1.82, 2.24) is 10.6 Å². The van der Waals surface area contributed by atoms with Crippen LogP contribution < -0.4 is 15.4 Å². The van der Waals surface area contributed by atoms with Gasteiger partial charge in [-0.1, -0.05) is 58.5 Å². The third kappa shape index (κ3) is 12.6. The van der Waals surface area contributed by atoms with Gasteiger partial charge >= 0.3 is 5.97 Å². The lowest BCUT2D eigenvalue weighted by atomic mass is 10.1. The molecule has 0 radical (unpaired) electrons. The Balaban J connectivity index is 2.13. The van der Waals surface area contributed by atoms with Gasteiger partial charge in [0.2, 0.25) is 11.8 Å². The van der Waals surface area contributed by atoms with Crippen molar-refractivity contribution in [2.24, 2.45) is 15.3 Å². The molecule has 216 valence electrons. The molecule has 15 nitrogen and oxygen atoms in total. The van der Waals surface area contributed by atoms with Gasteiger partial charge in [0.15, 0.2) is 0 Å². The van der Waals surface area contributed by atoms with Crippen LogP contribution in [0.2, 0.25) is 0 Å². The molecule has 0 fully saturated rings. The van der Waals surface area contributed by atoms with Crippen LogP contribution in [-0.4, -0.2) is 49.5 Å². The van der Waals surface area contributed by atoms with Crippen molar-refractivity contribution in [3.05, 3.63) is 73.8 Å². The summed E-state index contributed by atoms with van der Waals surface area (Å²) in [5.41, 5.74) is 25.4. The molecule has 0 aliphatic carbocycles. The first-order chi connectivity index (χ1) is 20.0. The zero-order valence-electron chi connectivity index (χ0n) is 22.6. The maximum Gasteiger partial charge on any atom is 0.334 e. The van der Waals surface area contributed by atoms with Crippen LogP contribution in [0.15, 0.2) is 57.8 Å². The Morgan fingerprint density at radius 1 is 0.732 bits per heavy atom. The molecular formula is C26H33N11O4. The number of nitrogens with one attached hydrogen (secondary N) is 2. The average molecular weight is 564 g/mol. The molecule has 41 heavy (non-hydrogen) atoms. The van der Waals surface area contributed by atoms with Crippen LogP contribution in [0, 0.1) is 0 Å². The highest BCUT2D eigenvalue weighted by Crippen LogP contribution is 2.21. The van der Waals surface area contributed by atoms with Gasteiger partial charge in [-0.05, 0) is 71.6 Å². The van der Waals surface area contributed by atoms with E-state index in [1.54, 1.807) is 12.1 Å². The second kappa shape index (κ2) is 19.2. The topological polar surface area (TPSA) is 231 Å². The molecule has 0 heterocycles. The molecule has 15 heteroatoms. The smallest absolute Gasteiger partial charge is 0.334 e. The zero-order chi connectivity index (χ0) is 29.7. The lowest BCUT2D eigenvalue weighted by Crippen LogP contribution is -2.52. The quantitative estimate of drug-likeness (QED) is 0.0541. The van der Waals surface area contributed by atoms with E-state index in [1.165, 1.54) is 0 Å². The number of benzene rings is 2. The number of azide groups is 3. The summed E-state index contributed by atoms with van der Waals surface area (Å²) in [5, 5.41) is 17.6. The number of rotatable bonds is 19. The van der Waals surface area contributed by atoms with E-state index in [0.717, 1.165) is 10.8 Å². The Kier molecular flexibility index (Phi) is 15.1. The molecule has 0 spiro atoms. The summed E-state index contributed by atoms with van der Waals surface area (Å²) in [6.07, 6.45) is 2.80. The maximum absolute atomic E-state index is 13.3. The van der Waals surface area contributed by atoms with E-state index in [4.69, 9.17) is 21.3 Å². The fourth-order valence-corrected chi connectivity index (χ4v) is 3.98. The van der Waals surface area contributed by atoms with Gasteiger partial charge in [0.05, 0.1) is 0 Å². The molecule has 0 saturated heterocycles. The Hall–Kier alpha value is -4.96. The summed E-state index contributed by atoms with van der Waals surface area (Å²) >= 11 is 0. The van der Waals surface area contributed by atoms with Crippen LogP contribution in [0.4, 0.5) is 0 Å². The van der Waals surface area contributed by atoms with Gasteiger partial charge < -0.3 is 15.4 Å². The number of amides is 2. The molecule has 0 aliphatic heterocycles. The average Bonchev–Trinajstić information content (AvgIpc) is 2.97. The van der Waals surface area contributed by atoms with E-state index in [0.29, 0.717) is 37.9 Å². The number of hydrogen-bond acceptors (Lipinski definition) is 7. The van der Waals surface area contributed by atoms with Crippen LogP contribution >= 0.6 is 0 Å². The van der Waals surface area contributed by atoms with E-state index in [2.05, 4.69) is 40.7 Å². The highest BCUT2D eigenvalue weighted by atomic mass is 16.5. The molecule has 0 saturated carbocycles. The van der Waals surface area contributed by atoms with E-state index in [-0.39, 0.29) is 38.9 Å². The summed E-state index contributed by atoms with van der Waals surface area (Å²) in [6.45, 7) is 0.638. The minimum absolute atomic E-state index is 0.0500. The molecule has 0 aromatic heterocycles. The van der Waals surface area contributed by atoms with Gasteiger partial charge in [-0.3, -0.25) is 9.59 Å². The van der Waals surface area contributed by atoms with Crippen molar-refractivity contribution in [1.29, 1.82) is 0 Å². The van der Waals surface area contributed by atoms with Gasteiger partial charge in [-0.25, -0.2) is 4.79 Å². The number of ether oxygens (including phenoxy) is 1. The highest BCUT2D eigenvalue weighted by Gasteiger charge is 2.27. The van der Waals surface area contributed by atoms with E-state index in [9.17, 15) is 14.4 Å². The summed E-state index contributed by atoms with van der Waals surface area (Å²) in [7, 11) is 0. The van der Waals surface area contributed by atoms with Crippen LogP contribution in [-0.2, 0) is 14.4 Å². The Morgan fingerprint density at radius 2 is 1.32 bits per heavy atom. The lowest BCUT2D eigenvalue weighted by molar-refractivity contribution is -0.140. The number of hydrogen-bond donors (Lipinski definition) is 2. The Labute approximate surface area is 236 Å². The molecule has 2 N–H and O–H groups in total. The SMILES string of the molecule is [N-]=[N+]=NCCCC[C@H](NC(=O)CCCN=[N+]=[N-])C(=O)N[C@@H](CCCCN=[N+]=[N-])C(=O)Oc1ccc2ccccc2c1. The molecule has 2 rings (SSSR count). The molecule has 2 aromatic rings. The molecule has 2 atom stereocenters. The summed E-state index contributed by atoms with van der Waals surface area (Å²) < 4.78 is 5.62. The van der Waals surface area contributed by atoms with Crippen molar-refractivity contribution < 1.29 is 19.1 Å². The van der Waals surface area contributed by atoms with Gasteiger partial charge in [-0.15, -0.1) is 0 Å². The number of esters is 1. The molecule has 2 aromatic carbocycles. The minimum atomic E-state index is -1.02. The third-order valence-electron chi connectivity index (χ3n) is 6.05. The van der Waals surface area contributed by atoms with Gasteiger partial charge in [0, 0.05) is 40.8 Å². The van der Waals surface area contributed by atoms with Gasteiger partial charge in [-0.2, -0.15) is 0 Å². The molecule has 0 bridgehead atoms.